The number of pyridine rings is 1. The van der Waals surface area contributed by atoms with Crippen LogP contribution in [0.5, 0.6) is 5.88 Å². The molecule has 1 amide bonds. The Labute approximate surface area is 123 Å². The molecule has 2 aromatic rings. The molecular weight excluding hydrogens is 270 g/mol. The maximum atomic E-state index is 11.9. The Hall–Kier alpha value is -2.57. The van der Waals surface area contributed by atoms with Gasteiger partial charge in [-0.2, -0.15) is 5.10 Å². The number of hydrogen-bond donors (Lipinski definition) is 2. The van der Waals surface area contributed by atoms with Gasteiger partial charge < -0.3 is 15.8 Å². The normalized spacial score (nSPS) is 10.6. The van der Waals surface area contributed by atoms with E-state index in [1.54, 1.807) is 12.4 Å². The second-order valence-electron chi connectivity index (χ2n) is 4.88. The molecule has 7 nitrogen and oxygen atoms in total. The molecule has 0 aliphatic rings. The largest absolute Gasteiger partial charge is 0.475 e. The van der Waals surface area contributed by atoms with Crippen LogP contribution in [0.25, 0.3) is 0 Å². The SMILES string of the molecule is CC(C)Oc1ncccc1CNC(=O)Cn1cc(N)cn1. The molecule has 0 bridgehead atoms. The summed E-state index contributed by atoms with van der Waals surface area (Å²) in [5.41, 5.74) is 6.91. The number of amides is 1. The van der Waals surface area contributed by atoms with E-state index < -0.39 is 0 Å². The molecule has 21 heavy (non-hydrogen) atoms. The molecule has 0 radical (unpaired) electrons. The van der Waals surface area contributed by atoms with Gasteiger partial charge in [0.1, 0.15) is 6.54 Å². The molecule has 7 heteroatoms. The van der Waals surface area contributed by atoms with Crippen LogP contribution in [-0.4, -0.2) is 26.8 Å². The molecule has 0 aliphatic heterocycles. The first-order chi connectivity index (χ1) is 10.0. The van der Waals surface area contributed by atoms with E-state index in [4.69, 9.17) is 10.5 Å². The fraction of sp³-hybridized carbons (Fsp3) is 0.357. The topological polar surface area (TPSA) is 95.1 Å². The third kappa shape index (κ3) is 4.48. The van der Waals surface area contributed by atoms with Gasteiger partial charge in [0.2, 0.25) is 11.8 Å². The Bertz CT molecular complexity index is 609. The number of aromatic nitrogens is 3. The first-order valence-electron chi connectivity index (χ1n) is 6.70. The summed E-state index contributed by atoms with van der Waals surface area (Å²) in [5, 5.41) is 6.77. The highest BCUT2D eigenvalue weighted by atomic mass is 16.5. The minimum atomic E-state index is -0.155. The molecular formula is C14H19N5O2. The molecule has 2 aromatic heterocycles. The summed E-state index contributed by atoms with van der Waals surface area (Å²) in [5.74, 6) is 0.383. The number of nitrogens with two attached hydrogens (primary N) is 1. The number of carbonyl (C=O) groups excluding carboxylic acids is 1. The van der Waals surface area contributed by atoms with Gasteiger partial charge in [-0.1, -0.05) is 6.07 Å². The number of nitrogen functional groups attached to an aromatic ring is 1. The maximum Gasteiger partial charge on any atom is 0.242 e. The van der Waals surface area contributed by atoms with Crippen molar-refractivity contribution in [3.05, 3.63) is 36.3 Å². The third-order valence-corrected chi connectivity index (χ3v) is 2.63. The van der Waals surface area contributed by atoms with Gasteiger partial charge in [-0.25, -0.2) is 4.98 Å². The van der Waals surface area contributed by atoms with Crippen molar-refractivity contribution in [3.63, 3.8) is 0 Å². The van der Waals surface area contributed by atoms with Gasteiger partial charge in [0.15, 0.2) is 0 Å². The molecule has 0 spiro atoms. The van der Waals surface area contributed by atoms with E-state index in [-0.39, 0.29) is 18.6 Å². The zero-order chi connectivity index (χ0) is 15.2. The van der Waals surface area contributed by atoms with E-state index >= 15 is 0 Å². The Morgan fingerprint density at radius 3 is 3.00 bits per heavy atom. The lowest BCUT2D eigenvalue weighted by molar-refractivity contribution is -0.122. The van der Waals surface area contributed by atoms with E-state index in [0.29, 0.717) is 18.1 Å². The number of anilines is 1. The van der Waals surface area contributed by atoms with Crippen molar-refractivity contribution in [3.8, 4) is 5.88 Å². The van der Waals surface area contributed by atoms with Crippen molar-refractivity contribution in [2.75, 3.05) is 5.73 Å². The lowest BCUT2D eigenvalue weighted by Gasteiger charge is -2.13. The van der Waals surface area contributed by atoms with Crippen LogP contribution in [0.1, 0.15) is 19.4 Å². The van der Waals surface area contributed by atoms with E-state index in [0.717, 1.165) is 5.56 Å². The first-order valence-corrected chi connectivity index (χ1v) is 6.70. The summed E-state index contributed by atoms with van der Waals surface area (Å²) < 4.78 is 7.09. The predicted molar refractivity (Wildman–Crippen MR) is 78.5 cm³/mol. The van der Waals surface area contributed by atoms with Crippen molar-refractivity contribution in [1.29, 1.82) is 0 Å². The average molecular weight is 289 g/mol. The number of nitrogens with one attached hydrogen (secondary N) is 1. The van der Waals surface area contributed by atoms with Gasteiger partial charge in [0.25, 0.3) is 0 Å². The molecule has 2 heterocycles. The highest BCUT2D eigenvalue weighted by Crippen LogP contribution is 2.15. The smallest absolute Gasteiger partial charge is 0.242 e. The molecule has 0 saturated heterocycles. The van der Waals surface area contributed by atoms with Gasteiger partial charge in [0, 0.05) is 24.5 Å². The second-order valence-corrected chi connectivity index (χ2v) is 4.88. The van der Waals surface area contributed by atoms with Crippen molar-refractivity contribution in [1.82, 2.24) is 20.1 Å². The number of nitrogens with zero attached hydrogens (tertiary/aromatic N) is 3. The Kier molecular flexibility index (Phi) is 4.76. The van der Waals surface area contributed by atoms with Crippen molar-refractivity contribution < 1.29 is 9.53 Å². The summed E-state index contributed by atoms with van der Waals surface area (Å²) in [6, 6.07) is 3.68. The fourth-order valence-corrected chi connectivity index (χ4v) is 1.75. The number of ether oxygens (including phenoxy) is 1. The maximum absolute atomic E-state index is 11.9. The van der Waals surface area contributed by atoms with Gasteiger partial charge in [-0.05, 0) is 19.9 Å². The van der Waals surface area contributed by atoms with Crippen molar-refractivity contribution in [2.45, 2.75) is 33.0 Å². The lowest BCUT2D eigenvalue weighted by atomic mass is 10.2. The molecule has 112 valence electrons. The zero-order valence-electron chi connectivity index (χ0n) is 12.1. The third-order valence-electron chi connectivity index (χ3n) is 2.63. The molecule has 3 N–H and O–H groups in total. The molecule has 0 saturated carbocycles. The highest BCUT2D eigenvalue weighted by Gasteiger charge is 2.09. The molecule has 0 unspecified atom stereocenters. The molecule has 0 aliphatic carbocycles. The number of carbonyl (C=O) groups is 1. The van der Waals surface area contributed by atoms with Crippen LogP contribution >= 0.6 is 0 Å². The Balaban J connectivity index is 1.92. The predicted octanol–water partition coefficient (Wildman–Crippen LogP) is 0.964. The summed E-state index contributed by atoms with van der Waals surface area (Å²) in [7, 11) is 0. The lowest BCUT2D eigenvalue weighted by Crippen LogP contribution is -2.27. The molecule has 0 fully saturated rings. The monoisotopic (exact) mass is 289 g/mol. The van der Waals surface area contributed by atoms with Crippen molar-refractivity contribution >= 4 is 11.6 Å². The minimum Gasteiger partial charge on any atom is -0.475 e. The van der Waals surface area contributed by atoms with Gasteiger partial charge in [-0.3, -0.25) is 9.48 Å². The van der Waals surface area contributed by atoms with Crippen LogP contribution in [0.15, 0.2) is 30.7 Å². The standard InChI is InChI=1S/C14H19N5O2/c1-10(2)21-14-11(4-3-5-16-14)6-17-13(20)9-19-8-12(15)7-18-19/h3-5,7-8,10H,6,9,15H2,1-2H3,(H,17,20). The quantitative estimate of drug-likeness (QED) is 0.826. The van der Waals surface area contributed by atoms with Crippen LogP contribution in [-0.2, 0) is 17.9 Å². The Morgan fingerprint density at radius 2 is 2.33 bits per heavy atom. The van der Waals surface area contributed by atoms with Crippen LogP contribution < -0.4 is 15.8 Å². The minimum absolute atomic E-state index is 0.0291. The summed E-state index contributed by atoms with van der Waals surface area (Å²) >= 11 is 0. The van der Waals surface area contributed by atoms with Gasteiger partial charge in [-0.15, -0.1) is 0 Å². The van der Waals surface area contributed by atoms with Crippen molar-refractivity contribution in [2.24, 2.45) is 0 Å². The summed E-state index contributed by atoms with van der Waals surface area (Å²) in [4.78, 5) is 16.0. The summed E-state index contributed by atoms with van der Waals surface area (Å²) in [6.07, 6.45) is 4.80. The Morgan fingerprint density at radius 1 is 1.52 bits per heavy atom. The zero-order valence-corrected chi connectivity index (χ0v) is 12.1. The van der Waals surface area contributed by atoms with Crippen LogP contribution in [0, 0.1) is 0 Å². The van der Waals surface area contributed by atoms with Crippen LogP contribution in [0.3, 0.4) is 0 Å². The van der Waals surface area contributed by atoms with Crippen LogP contribution in [0.2, 0.25) is 0 Å². The van der Waals surface area contributed by atoms with Gasteiger partial charge >= 0.3 is 0 Å². The van der Waals surface area contributed by atoms with E-state index in [1.807, 2.05) is 26.0 Å². The number of rotatable bonds is 6. The fourth-order valence-electron chi connectivity index (χ4n) is 1.75. The number of hydrogen-bond acceptors (Lipinski definition) is 5. The average Bonchev–Trinajstić information content (AvgIpc) is 2.82. The molecule has 2 rings (SSSR count). The second kappa shape index (κ2) is 6.74. The highest BCUT2D eigenvalue weighted by molar-refractivity contribution is 5.75. The first kappa shape index (κ1) is 14.8. The molecule has 0 atom stereocenters. The van der Waals surface area contributed by atoms with E-state index in [2.05, 4.69) is 15.4 Å². The molecule has 0 aromatic carbocycles. The van der Waals surface area contributed by atoms with E-state index in [1.165, 1.54) is 10.9 Å². The van der Waals surface area contributed by atoms with Crippen LogP contribution in [0.4, 0.5) is 5.69 Å². The van der Waals surface area contributed by atoms with Gasteiger partial charge in [0.05, 0.1) is 18.0 Å². The van der Waals surface area contributed by atoms with E-state index in [9.17, 15) is 4.79 Å². The summed E-state index contributed by atoms with van der Waals surface area (Å²) in [6.45, 7) is 4.33.